The number of hydrogen-bond acceptors (Lipinski definition) is 2. The maximum atomic E-state index is 9.78. The maximum absolute atomic E-state index is 9.78. The molecule has 1 fully saturated rings. The number of aliphatic hydroxyl groups excluding tert-OH is 1. The van der Waals surface area contributed by atoms with Crippen molar-refractivity contribution in [2.45, 2.75) is 51.1 Å². The molecule has 0 aliphatic carbocycles. The van der Waals surface area contributed by atoms with E-state index in [1.54, 1.807) is 0 Å². The largest absolute Gasteiger partial charge is 0.395 e. The molecule has 0 saturated carbocycles. The minimum absolute atomic E-state index is 0.0175. The van der Waals surface area contributed by atoms with E-state index in [-0.39, 0.29) is 24.1 Å². The molecule has 1 saturated heterocycles. The Morgan fingerprint density at radius 1 is 1.08 bits per heavy atom. The molecule has 2 aromatic carbocycles. The van der Waals surface area contributed by atoms with Gasteiger partial charge in [0, 0.05) is 18.2 Å². The molecule has 0 bridgehead atoms. The predicted molar refractivity (Wildman–Crippen MR) is 108 cm³/mol. The highest BCUT2D eigenvalue weighted by Gasteiger charge is 2.30. The third-order valence-electron chi connectivity index (χ3n) is 5.18. The van der Waals surface area contributed by atoms with Gasteiger partial charge in [-0.1, -0.05) is 75.1 Å². The Labute approximate surface area is 157 Å². The standard InChI is InChI=1S/C24H29NO/c1-24(2,3)21-14-12-20(13-15-21)23(25-17-7-10-22(25)18-26)16-11-19-8-5-4-6-9-19/h4-6,8-9,12-15,22-23,26H,7,10,17-18H2,1-3H3/t22-,23+/m0/s1. The van der Waals surface area contributed by atoms with Gasteiger partial charge in [0.15, 0.2) is 0 Å². The minimum atomic E-state index is 0.0175. The van der Waals surface area contributed by atoms with Crippen molar-refractivity contribution in [1.82, 2.24) is 4.90 Å². The summed E-state index contributed by atoms with van der Waals surface area (Å²) in [6.07, 6.45) is 2.16. The summed E-state index contributed by atoms with van der Waals surface area (Å²) < 4.78 is 0. The Kier molecular flexibility index (Phi) is 5.81. The Morgan fingerprint density at radius 2 is 1.77 bits per heavy atom. The van der Waals surface area contributed by atoms with Gasteiger partial charge < -0.3 is 5.11 Å². The van der Waals surface area contributed by atoms with Gasteiger partial charge in [0.1, 0.15) is 0 Å². The van der Waals surface area contributed by atoms with Gasteiger partial charge in [0.25, 0.3) is 0 Å². The molecular weight excluding hydrogens is 318 g/mol. The first-order valence-electron chi connectivity index (χ1n) is 9.52. The van der Waals surface area contributed by atoms with Gasteiger partial charge in [-0.3, -0.25) is 4.90 Å². The molecule has 3 rings (SSSR count). The van der Waals surface area contributed by atoms with Crippen LogP contribution in [-0.2, 0) is 5.41 Å². The number of hydrogen-bond donors (Lipinski definition) is 1. The Balaban J connectivity index is 1.94. The normalized spacial score (nSPS) is 19.0. The lowest BCUT2D eigenvalue weighted by Crippen LogP contribution is -2.35. The molecule has 0 amide bonds. The SMILES string of the molecule is CC(C)(C)c1ccc([C@@H](C#Cc2ccccc2)N2CCC[C@H]2CO)cc1. The highest BCUT2D eigenvalue weighted by Crippen LogP contribution is 2.31. The van der Waals surface area contributed by atoms with Gasteiger partial charge in [-0.15, -0.1) is 0 Å². The molecule has 0 aromatic heterocycles. The van der Waals surface area contributed by atoms with Crippen molar-refractivity contribution in [1.29, 1.82) is 0 Å². The quantitative estimate of drug-likeness (QED) is 0.825. The predicted octanol–water partition coefficient (Wildman–Crippen LogP) is 4.53. The van der Waals surface area contributed by atoms with E-state index >= 15 is 0 Å². The zero-order valence-electron chi connectivity index (χ0n) is 16.1. The Morgan fingerprint density at radius 3 is 2.38 bits per heavy atom. The summed E-state index contributed by atoms with van der Waals surface area (Å²) in [6, 6.07) is 19.2. The third kappa shape index (κ3) is 4.36. The molecule has 2 aromatic rings. The first kappa shape index (κ1) is 18.7. The molecule has 1 N–H and O–H groups in total. The van der Waals surface area contributed by atoms with Crippen LogP contribution in [0.5, 0.6) is 0 Å². The first-order chi connectivity index (χ1) is 12.5. The first-order valence-corrected chi connectivity index (χ1v) is 9.52. The van der Waals surface area contributed by atoms with Gasteiger partial charge in [-0.05, 0) is 41.5 Å². The summed E-state index contributed by atoms with van der Waals surface area (Å²) in [5, 5.41) is 9.78. The fourth-order valence-electron chi connectivity index (χ4n) is 3.59. The van der Waals surface area contributed by atoms with Crippen LogP contribution in [0.1, 0.15) is 56.3 Å². The van der Waals surface area contributed by atoms with E-state index in [1.807, 2.05) is 30.3 Å². The summed E-state index contributed by atoms with van der Waals surface area (Å²) in [4.78, 5) is 2.36. The van der Waals surface area contributed by atoms with Crippen LogP contribution in [0.2, 0.25) is 0 Å². The van der Waals surface area contributed by atoms with Crippen LogP contribution in [-0.4, -0.2) is 29.2 Å². The second-order valence-corrected chi connectivity index (χ2v) is 8.13. The van der Waals surface area contributed by atoms with Gasteiger partial charge >= 0.3 is 0 Å². The second kappa shape index (κ2) is 8.08. The third-order valence-corrected chi connectivity index (χ3v) is 5.18. The molecule has 0 radical (unpaired) electrons. The molecule has 0 unspecified atom stereocenters. The molecular formula is C24H29NO. The van der Waals surface area contributed by atoms with Gasteiger partial charge in [-0.2, -0.15) is 0 Å². The maximum Gasteiger partial charge on any atom is 0.0977 e. The molecule has 2 atom stereocenters. The van der Waals surface area contributed by atoms with Crippen molar-refractivity contribution in [2.24, 2.45) is 0 Å². The summed E-state index contributed by atoms with van der Waals surface area (Å²) >= 11 is 0. The summed E-state index contributed by atoms with van der Waals surface area (Å²) in [6.45, 7) is 7.88. The summed E-state index contributed by atoms with van der Waals surface area (Å²) in [5.74, 6) is 6.82. The second-order valence-electron chi connectivity index (χ2n) is 8.13. The van der Waals surface area contributed by atoms with Crippen molar-refractivity contribution >= 4 is 0 Å². The van der Waals surface area contributed by atoms with Crippen LogP contribution < -0.4 is 0 Å². The van der Waals surface area contributed by atoms with E-state index in [2.05, 4.69) is 61.8 Å². The van der Waals surface area contributed by atoms with E-state index in [0.29, 0.717) is 0 Å². The lowest BCUT2D eigenvalue weighted by atomic mass is 9.86. The number of aliphatic hydroxyl groups is 1. The lowest BCUT2D eigenvalue weighted by molar-refractivity contribution is 0.140. The monoisotopic (exact) mass is 347 g/mol. The van der Waals surface area contributed by atoms with Crippen LogP contribution in [0.4, 0.5) is 0 Å². The zero-order valence-corrected chi connectivity index (χ0v) is 16.1. The van der Waals surface area contributed by atoms with Crippen molar-refractivity contribution in [3.05, 3.63) is 71.3 Å². The highest BCUT2D eigenvalue weighted by molar-refractivity contribution is 5.39. The molecule has 1 aliphatic heterocycles. The molecule has 136 valence electrons. The smallest absolute Gasteiger partial charge is 0.0977 e. The van der Waals surface area contributed by atoms with Gasteiger partial charge in [-0.25, -0.2) is 0 Å². The average Bonchev–Trinajstić information content (AvgIpc) is 3.11. The molecule has 26 heavy (non-hydrogen) atoms. The van der Waals surface area contributed by atoms with E-state index in [1.165, 1.54) is 11.1 Å². The minimum Gasteiger partial charge on any atom is -0.395 e. The Hall–Kier alpha value is -2.08. The van der Waals surface area contributed by atoms with E-state index in [9.17, 15) is 5.11 Å². The van der Waals surface area contributed by atoms with Crippen molar-refractivity contribution < 1.29 is 5.11 Å². The highest BCUT2D eigenvalue weighted by atomic mass is 16.3. The molecule has 1 heterocycles. The van der Waals surface area contributed by atoms with Crippen LogP contribution in [0.25, 0.3) is 0 Å². The lowest BCUT2D eigenvalue weighted by Gasteiger charge is -2.29. The van der Waals surface area contributed by atoms with E-state index in [0.717, 1.165) is 24.9 Å². The summed E-state index contributed by atoms with van der Waals surface area (Å²) in [5.41, 5.74) is 3.71. The average molecular weight is 348 g/mol. The molecule has 2 heteroatoms. The van der Waals surface area contributed by atoms with Crippen LogP contribution in [0.15, 0.2) is 54.6 Å². The van der Waals surface area contributed by atoms with Crippen LogP contribution >= 0.6 is 0 Å². The van der Waals surface area contributed by atoms with Gasteiger partial charge in [0.05, 0.1) is 12.6 Å². The molecule has 0 spiro atoms. The number of likely N-dealkylation sites (tertiary alicyclic amines) is 1. The van der Waals surface area contributed by atoms with E-state index < -0.39 is 0 Å². The number of rotatable bonds is 3. The topological polar surface area (TPSA) is 23.5 Å². The number of nitrogens with zero attached hydrogens (tertiary/aromatic N) is 1. The number of benzene rings is 2. The van der Waals surface area contributed by atoms with E-state index in [4.69, 9.17) is 0 Å². The molecule has 2 nitrogen and oxygen atoms in total. The van der Waals surface area contributed by atoms with Crippen LogP contribution in [0, 0.1) is 11.8 Å². The summed E-state index contributed by atoms with van der Waals surface area (Å²) in [7, 11) is 0. The van der Waals surface area contributed by atoms with Crippen molar-refractivity contribution in [2.75, 3.05) is 13.2 Å². The Bertz CT molecular complexity index is 762. The molecule has 1 aliphatic rings. The van der Waals surface area contributed by atoms with Gasteiger partial charge in [0.2, 0.25) is 0 Å². The van der Waals surface area contributed by atoms with Crippen LogP contribution in [0.3, 0.4) is 0 Å². The fraction of sp³-hybridized carbons (Fsp3) is 0.417. The van der Waals surface area contributed by atoms with Crippen molar-refractivity contribution in [3.8, 4) is 11.8 Å². The van der Waals surface area contributed by atoms with Crippen molar-refractivity contribution in [3.63, 3.8) is 0 Å². The fourth-order valence-corrected chi connectivity index (χ4v) is 3.59. The zero-order chi connectivity index (χ0) is 18.6.